The molecule has 0 fully saturated rings. The van der Waals surface area contributed by atoms with Gasteiger partial charge < -0.3 is 10.4 Å². The smallest absolute Gasteiger partial charge is 0.127 e. The van der Waals surface area contributed by atoms with E-state index in [4.69, 9.17) is 0 Å². The van der Waals surface area contributed by atoms with Crippen LogP contribution in [0.25, 0.3) is 0 Å². The first-order valence-corrected chi connectivity index (χ1v) is 6.25. The molecule has 2 nitrogen and oxygen atoms in total. The monoisotopic (exact) mass is 289 g/mol. The number of hydrogen-bond acceptors (Lipinski definition) is 2. The molecular weight excluding hydrogens is 273 g/mol. The predicted molar refractivity (Wildman–Crippen MR) is 66.7 cm³/mol. The molecule has 0 aliphatic heterocycles. The molecule has 0 radical (unpaired) electrons. The first kappa shape index (κ1) is 13.6. The van der Waals surface area contributed by atoms with Crippen LogP contribution in [-0.2, 0) is 6.54 Å². The van der Waals surface area contributed by atoms with Gasteiger partial charge in [0.25, 0.3) is 0 Å². The van der Waals surface area contributed by atoms with Gasteiger partial charge in [0, 0.05) is 23.1 Å². The molecule has 2 N–H and O–H groups in total. The van der Waals surface area contributed by atoms with E-state index >= 15 is 0 Å². The van der Waals surface area contributed by atoms with Crippen LogP contribution in [0.5, 0.6) is 0 Å². The molecule has 0 bridgehead atoms. The van der Waals surface area contributed by atoms with E-state index in [1.165, 1.54) is 6.07 Å². The van der Waals surface area contributed by atoms with E-state index in [9.17, 15) is 9.50 Å². The van der Waals surface area contributed by atoms with Crippen molar-refractivity contribution in [1.29, 1.82) is 0 Å². The van der Waals surface area contributed by atoms with Gasteiger partial charge >= 0.3 is 0 Å². The molecule has 90 valence electrons. The summed E-state index contributed by atoms with van der Waals surface area (Å²) >= 11 is 3.30. The Hall–Kier alpha value is -0.450. The van der Waals surface area contributed by atoms with Gasteiger partial charge in [-0.1, -0.05) is 29.3 Å². The molecule has 0 aliphatic carbocycles. The number of nitrogens with one attached hydrogen (secondary N) is 1. The molecule has 0 spiro atoms. The molecule has 0 saturated heterocycles. The molecule has 0 aliphatic rings. The van der Waals surface area contributed by atoms with E-state index in [2.05, 4.69) is 21.2 Å². The minimum Gasteiger partial charge on any atom is -0.392 e. The number of benzene rings is 1. The maximum absolute atomic E-state index is 13.3. The van der Waals surface area contributed by atoms with Crippen molar-refractivity contribution in [2.24, 2.45) is 0 Å². The molecule has 1 atom stereocenters. The Bertz CT molecular complexity index is 333. The van der Waals surface area contributed by atoms with Crippen LogP contribution >= 0.6 is 15.9 Å². The Morgan fingerprint density at radius 2 is 2.25 bits per heavy atom. The zero-order chi connectivity index (χ0) is 12.0. The molecule has 1 aromatic carbocycles. The average Bonchev–Trinajstić information content (AvgIpc) is 2.23. The van der Waals surface area contributed by atoms with Crippen molar-refractivity contribution in [3.05, 3.63) is 34.1 Å². The number of halogens is 2. The molecule has 1 aromatic rings. The fraction of sp³-hybridized carbons (Fsp3) is 0.500. The molecule has 0 amide bonds. The molecule has 16 heavy (non-hydrogen) atoms. The van der Waals surface area contributed by atoms with Gasteiger partial charge in [-0.3, -0.25) is 0 Å². The highest BCUT2D eigenvalue weighted by atomic mass is 79.9. The summed E-state index contributed by atoms with van der Waals surface area (Å²) in [6.45, 7) is 2.96. The lowest BCUT2D eigenvalue weighted by Gasteiger charge is -2.11. The van der Waals surface area contributed by atoms with Crippen LogP contribution in [0.4, 0.5) is 4.39 Å². The maximum atomic E-state index is 13.3. The summed E-state index contributed by atoms with van der Waals surface area (Å²) in [6.07, 6.45) is 1.38. The fourth-order valence-corrected chi connectivity index (χ4v) is 1.90. The minimum absolute atomic E-state index is 0.222. The quantitative estimate of drug-likeness (QED) is 0.844. The summed E-state index contributed by atoms with van der Waals surface area (Å²) in [6, 6.07) is 4.85. The van der Waals surface area contributed by atoms with E-state index in [1.807, 2.05) is 6.92 Å². The second-order valence-electron chi connectivity index (χ2n) is 3.81. The van der Waals surface area contributed by atoms with Crippen molar-refractivity contribution in [3.63, 3.8) is 0 Å². The Labute approximate surface area is 104 Å². The van der Waals surface area contributed by atoms with Gasteiger partial charge in [0.2, 0.25) is 0 Å². The summed E-state index contributed by atoms with van der Waals surface area (Å²) in [4.78, 5) is 0. The van der Waals surface area contributed by atoms with Gasteiger partial charge in [0.15, 0.2) is 0 Å². The largest absolute Gasteiger partial charge is 0.392 e. The Morgan fingerprint density at radius 1 is 1.50 bits per heavy atom. The summed E-state index contributed by atoms with van der Waals surface area (Å²) in [5.74, 6) is -0.222. The lowest BCUT2D eigenvalue weighted by molar-refractivity contribution is 0.160. The van der Waals surface area contributed by atoms with E-state index in [0.29, 0.717) is 18.7 Å². The van der Waals surface area contributed by atoms with Gasteiger partial charge in [0.1, 0.15) is 5.82 Å². The van der Waals surface area contributed by atoms with Crippen molar-refractivity contribution in [2.75, 3.05) is 6.54 Å². The number of rotatable bonds is 6. The number of hydrogen-bond donors (Lipinski definition) is 2. The molecule has 0 saturated carbocycles. The highest BCUT2D eigenvalue weighted by Gasteiger charge is 2.05. The zero-order valence-electron chi connectivity index (χ0n) is 9.34. The van der Waals surface area contributed by atoms with Crippen molar-refractivity contribution < 1.29 is 9.50 Å². The van der Waals surface area contributed by atoms with Gasteiger partial charge in [0.05, 0.1) is 6.10 Å². The third kappa shape index (κ3) is 4.60. The third-order valence-electron chi connectivity index (χ3n) is 2.33. The molecule has 0 aromatic heterocycles. The van der Waals surface area contributed by atoms with Gasteiger partial charge in [-0.2, -0.15) is 0 Å². The summed E-state index contributed by atoms with van der Waals surface area (Å²) < 4.78 is 14.2. The van der Waals surface area contributed by atoms with E-state index in [1.54, 1.807) is 12.1 Å². The standard InChI is InChI=1S/C12H17BrFNO/c1-2-3-11(16)8-15-7-9-6-10(13)4-5-12(9)14/h4-6,11,15-16H,2-3,7-8H2,1H3. The minimum atomic E-state index is -0.347. The van der Waals surface area contributed by atoms with Crippen LogP contribution in [0.1, 0.15) is 25.3 Å². The van der Waals surface area contributed by atoms with E-state index < -0.39 is 0 Å². The van der Waals surface area contributed by atoms with Crippen LogP contribution in [0.15, 0.2) is 22.7 Å². The molecule has 4 heteroatoms. The zero-order valence-corrected chi connectivity index (χ0v) is 10.9. The van der Waals surface area contributed by atoms with Gasteiger partial charge in [-0.15, -0.1) is 0 Å². The second-order valence-corrected chi connectivity index (χ2v) is 4.72. The number of aliphatic hydroxyl groups is 1. The maximum Gasteiger partial charge on any atom is 0.127 e. The van der Waals surface area contributed by atoms with Crippen LogP contribution in [-0.4, -0.2) is 17.8 Å². The lowest BCUT2D eigenvalue weighted by atomic mass is 10.2. The Morgan fingerprint density at radius 3 is 2.94 bits per heavy atom. The number of aliphatic hydroxyl groups excluding tert-OH is 1. The second kappa shape index (κ2) is 6.99. The predicted octanol–water partition coefficient (Wildman–Crippen LogP) is 2.84. The van der Waals surface area contributed by atoms with E-state index in [0.717, 1.165) is 17.3 Å². The van der Waals surface area contributed by atoms with Crippen LogP contribution < -0.4 is 5.32 Å². The van der Waals surface area contributed by atoms with Crippen LogP contribution in [0, 0.1) is 5.82 Å². The molecule has 1 rings (SSSR count). The Balaban J connectivity index is 2.39. The summed E-state index contributed by atoms with van der Waals surface area (Å²) in [7, 11) is 0. The van der Waals surface area contributed by atoms with E-state index in [-0.39, 0.29) is 11.9 Å². The molecular formula is C12H17BrFNO. The highest BCUT2D eigenvalue weighted by Crippen LogP contribution is 2.15. The topological polar surface area (TPSA) is 32.3 Å². The first-order chi connectivity index (χ1) is 7.63. The van der Waals surface area contributed by atoms with Crippen molar-refractivity contribution >= 4 is 15.9 Å². The van der Waals surface area contributed by atoms with Gasteiger partial charge in [-0.05, 0) is 24.6 Å². The highest BCUT2D eigenvalue weighted by molar-refractivity contribution is 9.10. The van der Waals surface area contributed by atoms with Crippen molar-refractivity contribution in [3.8, 4) is 0 Å². The normalized spacial score (nSPS) is 12.8. The third-order valence-corrected chi connectivity index (χ3v) is 2.82. The van der Waals surface area contributed by atoms with Crippen LogP contribution in [0.3, 0.4) is 0 Å². The SMILES string of the molecule is CCCC(O)CNCc1cc(Br)ccc1F. The average molecular weight is 290 g/mol. The van der Waals surface area contributed by atoms with Crippen molar-refractivity contribution in [2.45, 2.75) is 32.4 Å². The fourth-order valence-electron chi connectivity index (χ4n) is 1.49. The summed E-state index contributed by atoms with van der Waals surface area (Å²) in [5, 5.41) is 12.5. The lowest BCUT2D eigenvalue weighted by Crippen LogP contribution is -2.26. The summed E-state index contributed by atoms with van der Waals surface area (Å²) in [5.41, 5.74) is 0.609. The van der Waals surface area contributed by atoms with Crippen LogP contribution in [0.2, 0.25) is 0 Å². The first-order valence-electron chi connectivity index (χ1n) is 5.46. The van der Waals surface area contributed by atoms with Crippen molar-refractivity contribution in [1.82, 2.24) is 5.32 Å². The molecule has 1 unspecified atom stereocenters. The molecule has 0 heterocycles. The Kier molecular flexibility index (Phi) is 5.95. The van der Waals surface area contributed by atoms with Gasteiger partial charge in [-0.25, -0.2) is 4.39 Å².